The normalized spacial score (nSPS) is 11.6. The van der Waals surface area contributed by atoms with Crippen LogP contribution in [0.1, 0.15) is 47.0 Å². The lowest BCUT2D eigenvalue weighted by atomic mass is 9.94. The molecule has 0 saturated heterocycles. The van der Waals surface area contributed by atoms with Gasteiger partial charge in [-0.3, -0.25) is 4.79 Å². The Balaban J connectivity index is 3.62. The number of hydrogen-bond donors (Lipinski definition) is 1. The predicted molar refractivity (Wildman–Crippen MR) is 89.4 cm³/mol. The summed E-state index contributed by atoms with van der Waals surface area (Å²) < 4.78 is 0.109. The first-order chi connectivity index (χ1) is 8.73. The predicted octanol–water partition coefficient (Wildman–Crippen LogP) is 2.25. The smallest absolute Gasteiger partial charge is 0.220 e. The molecule has 3 nitrogen and oxygen atoms in total. The number of carbonyl (C=O) groups excluding carboxylic acids is 2. The van der Waals surface area contributed by atoms with Crippen molar-refractivity contribution >= 4 is 41.0 Å². The average molecular weight is 303 g/mol. The van der Waals surface area contributed by atoms with Gasteiger partial charge in [-0.15, -0.1) is 0 Å². The molecule has 0 aliphatic carbocycles. The second-order valence-corrected chi connectivity index (χ2v) is 8.94. The van der Waals surface area contributed by atoms with Crippen LogP contribution in [0.3, 0.4) is 0 Å². The summed E-state index contributed by atoms with van der Waals surface area (Å²) in [6.07, 6.45) is 2.15. The molecule has 0 aromatic carbocycles. The number of nitrogens with one attached hydrogen (secondary N) is 1. The van der Waals surface area contributed by atoms with E-state index in [1.54, 1.807) is 29.4 Å². The molecular weight excluding hydrogens is 277 g/mol. The van der Waals surface area contributed by atoms with E-state index in [1.165, 1.54) is 0 Å². The maximum Gasteiger partial charge on any atom is 0.220 e. The van der Waals surface area contributed by atoms with E-state index in [2.05, 4.69) is 19.2 Å². The van der Waals surface area contributed by atoms with Crippen molar-refractivity contribution in [2.75, 3.05) is 12.3 Å². The molecule has 0 unspecified atom stereocenters. The van der Waals surface area contributed by atoms with Crippen LogP contribution < -0.4 is 5.32 Å². The van der Waals surface area contributed by atoms with Crippen molar-refractivity contribution in [2.24, 2.45) is 5.92 Å². The number of carbonyl (C=O) groups is 2. The van der Waals surface area contributed by atoms with E-state index < -0.39 is 0 Å². The fraction of sp³-hybridized carbons (Fsp3) is 0.846. The number of rotatable bonds is 10. The van der Waals surface area contributed by atoms with E-state index in [1.807, 2.05) is 13.8 Å². The molecule has 1 N–H and O–H groups in total. The van der Waals surface area contributed by atoms with Crippen LogP contribution >= 0.6 is 21.6 Å². The largest absolute Gasteiger partial charge is 0.355 e. The first-order valence-electron chi connectivity index (χ1n) is 6.79. The van der Waals surface area contributed by atoms with E-state index in [-0.39, 0.29) is 16.3 Å². The Morgan fingerprint density at radius 1 is 1.32 bits per heavy atom. The zero-order chi connectivity index (χ0) is 14.9. The van der Waals surface area contributed by atoms with Gasteiger partial charge in [0.25, 0.3) is 0 Å². The lowest BCUT2D eigenvalue weighted by Gasteiger charge is -2.22. The molecule has 0 radical (unpaired) electrons. The SMILES string of the molecule is BC(=O)CCC(C)(C)SSCCNC(=O)CC(C)C. The Labute approximate surface area is 126 Å². The Bertz CT molecular complexity index is 296. The first kappa shape index (κ1) is 18.9. The zero-order valence-corrected chi connectivity index (χ0v) is 14.4. The van der Waals surface area contributed by atoms with Crippen LogP contribution in [0.5, 0.6) is 0 Å². The number of hydrogen-bond acceptors (Lipinski definition) is 4. The van der Waals surface area contributed by atoms with Crippen molar-refractivity contribution in [3.63, 3.8) is 0 Å². The molecule has 110 valence electrons. The molecular formula is C13H26BNO2S2. The van der Waals surface area contributed by atoms with Crippen LogP contribution in [0.2, 0.25) is 0 Å². The maximum atomic E-state index is 11.4. The standard InChI is InChI=1S/C13H26BNO2S2/c1-10(2)9-12(17)15-7-8-18-19-13(3,4)6-5-11(14)16/h10H,5-9,14H2,1-4H3,(H,15,17). The van der Waals surface area contributed by atoms with E-state index in [9.17, 15) is 9.59 Å². The summed E-state index contributed by atoms with van der Waals surface area (Å²) in [5.41, 5.74) is 0.250. The summed E-state index contributed by atoms with van der Waals surface area (Å²) in [5, 5.41) is 2.92. The van der Waals surface area contributed by atoms with Gasteiger partial charge in [-0.25, -0.2) is 0 Å². The minimum Gasteiger partial charge on any atom is -0.355 e. The fourth-order valence-corrected chi connectivity index (χ4v) is 3.88. The van der Waals surface area contributed by atoms with Gasteiger partial charge in [-0.05, 0) is 32.6 Å². The molecule has 0 heterocycles. The lowest BCUT2D eigenvalue weighted by Crippen LogP contribution is -2.26. The van der Waals surface area contributed by atoms with Crippen LogP contribution in [0.15, 0.2) is 0 Å². The summed E-state index contributed by atoms with van der Waals surface area (Å²) in [4.78, 5) is 22.4. The lowest BCUT2D eigenvalue weighted by molar-refractivity contribution is -0.121. The summed E-state index contributed by atoms with van der Waals surface area (Å²) in [7, 11) is 5.20. The molecule has 0 fully saturated rings. The van der Waals surface area contributed by atoms with E-state index in [4.69, 9.17) is 0 Å². The first-order valence-corrected chi connectivity index (χ1v) is 9.11. The van der Waals surface area contributed by atoms with Crippen molar-refractivity contribution in [1.82, 2.24) is 5.32 Å². The molecule has 0 rings (SSSR count). The molecule has 0 aromatic rings. The minimum atomic E-state index is 0.109. The van der Waals surface area contributed by atoms with E-state index >= 15 is 0 Å². The molecule has 0 spiro atoms. The summed E-state index contributed by atoms with van der Waals surface area (Å²) in [6, 6.07) is 0. The third-order valence-electron chi connectivity index (χ3n) is 2.46. The van der Waals surface area contributed by atoms with Gasteiger partial charge < -0.3 is 10.1 Å². The maximum absolute atomic E-state index is 11.4. The molecule has 0 atom stereocenters. The van der Waals surface area contributed by atoms with Gasteiger partial charge in [0.05, 0.1) is 5.68 Å². The zero-order valence-electron chi connectivity index (χ0n) is 12.7. The van der Waals surface area contributed by atoms with E-state index in [0.717, 1.165) is 12.2 Å². The summed E-state index contributed by atoms with van der Waals surface area (Å²) >= 11 is 0. The third-order valence-corrected chi connectivity index (χ3v) is 5.82. The Morgan fingerprint density at radius 2 is 1.95 bits per heavy atom. The highest BCUT2D eigenvalue weighted by molar-refractivity contribution is 8.77. The monoisotopic (exact) mass is 303 g/mol. The van der Waals surface area contributed by atoms with Gasteiger partial charge in [-0.2, -0.15) is 0 Å². The Morgan fingerprint density at radius 3 is 2.47 bits per heavy atom. The van der Waals surface area contributed by atoms with Crippen molar-refractivity contribution in [3.8, 4) is 0 Å². The quantitative estimate of drug-likeness (QED) is 0.382. The topological polar surface area (TPSA) is 46.2 Å². The average Bonchev–Trinajstić information content (AvgIpc) is 2.25. The van der Waals surface area contributed by atoms with Gasteiger partial charge in [0.15, 0.2) is 7.85 Å². The Hall–Kier alpha value is -0.0951. The third kappa shape index (κ3) is 12.7. The van der Waals surface area contributed by atoms with E-state index in [0.29, 0.717) is 25.3 Å². The molecule has 0 saturated carbocycles. The summed E-state index contributed by atoms with van der Waals surface area (Å²) in [6.45, 7) is 9.12. The van der Waals surface area contributed by atoms with Crippen LogP contribution in [0.4, 0.5) is 0 Å². The highest BCUT2D eigenvalue weighted by Gasteiger charge is 2.19. The second-order valence-electron chi connectivity index (χ2n) is 5.81. The van der Waals surface area contributed by atoms with Gasteiger partial charge in [-0.1, -0.05) is 35.4 Å². The van der Waals surface area contributed by atoms with Crippen molar-refractivity contribution in [1.29, 1.82) is 0 Å². The van der Waals surface area contributed by atoms with Crippen LogP contribution in [-0.2, 0) is 9.59 Å². The molecule has 19 heavy (non-hydrogen) atoms. The molecule has 0 bridgehead atoms. The molecule has 0 aliphatic rings. The summed E-state index contributed by atoms with van der Waals surface area (Å²) in [5.74, 6) is 1.45. The van der Waals surface area contributed by atoms with Gasteiger partial charge in [0.2, 0.25) is 5.91 Å². The van der Waals surface area contributed by atoms with Gasteiger partial charge in [0, 0.05) is 23.5 Å². The van der Waals surface area contributed by atoms with Crippen molar-refractivity contribution in [3.05, 3.63) is 0 Å². The second kappa shape index (κ2) is 9.75. The van der Waals surface area contributed by atoms with Crippen LogP contribution in [0.25, 0.3) is 0 Å². The molecule has 0 aromatic heterocycles. The molecule has 6 heteroatoms. The number of amides is 1. The molecule has 0 aliphatic heterocycles. The Kier molecular flexibility index (Phi) is 9.70. The highest BCUT2D eigenvalue weighted by atomic mass is 33.1. The van der Waals surface area contributed by atoms with Crippen molar-refractivity contribution < 1.29 is 9.59 Å². The van der Waals surface area contributed by atoms with Gasteiger partial charge >= 0.3 is 0 Å². The van der Waals surface area contributed by atoms with Crippen LogP contribution in [-0.4, -0.2) is 36.5 Å². The van der Waals surface area contributed by atoms with Gasteiger partial charge in [0.1, 0.15) is 0 Å². The fourth-order valence-electron chi connectivity index (χ4n) is 1.39. The van der Waals surface area contributed by atoms with Crippen LogP contribution in [0, 0.1) is 5.92 Å². The molecule has 1 amide bonds. The van der Waals surface area contributed by atoms with Crippen molar-refractivity contribution in [2.45, 2.75) is 51.7 Å². The minimum absolute atomic E-state index is 0.109. The highest BCUT2D eigenvalue weighted by Crippen LogP contribution is 2.38.